The van der Waals surface area contributed by atoms with Crippen molar-refractivity contribution >= 4 is 62.3 Å². The van der Waals surface area contributed by atoms with E-state index in [-0.39, 0.29) is 47.2 Å². The molecule has 45 heavy (non-hydrogen) atoms. The van der Waals surface area contributed by atoms with Gasteiger partial charge < -0.3 is 42.4 Å². The van der Waals surface area contributed by atoms with E-state index in [9.17, 15) is 18.1 Å². The van der Waals surface area contributed by atoms with Gasteiger partial charge in [-0.25, -0.2) is 0 Å². The SMILES string of the molecule is COc1ccccc1N=Nc1c(S(=O)(=O)O)cc2cc(Nc3nc(NCC(C)N)nc(NCC(C)N)n3)ccc2c1O.O=CO. The summed E-state index contributed by atoms with van der Waals surface area (Å²) in [4.78, 5) is 20.8. The number of fused-ring (bicyclic) bond motifs is 1. The van der Waals surface area contributed by atoms with Gasteiger partial charge in [-0.15, -0.1) is 10.2 Å². The molecule has 0 aliphatic rings. The summed E-state index contributed by atoms with van der Waals surface area (Å²) < 4.78 is 39.8. The van der Waals surface area contributed by atoms with E-state index in [0.29, 0.717) is 30.2 Å². The van der Waals surface area contributed by atoms with Crippen LogP contribution in [0.2, 0.25) is 0 Å². The number of benzene rings is 3. The van der Waals surface area contributed by atoms with Gasteiger partial charge in [-0.2, -0.15) is 23.4 Å². The molecule has 0 aliphatic carbocycles. The van der Waals surface area contributed by atoms with E-state index in [0.717, 1.165) is 0 Å². The molecule has 17 nitrogen and oxygen atoms in total. The van der Waals surface area contributed by atoms with Crippen molar-refractivity contribution < 1.29 is 32.7 Å². The second-order valence-electron chi connectivity index (χ2n) is 9.61. The van der Waals surface area contributed by atoms with Crippen LogP contribution in [-0.2, 0) is 14.9 Å². The van der Waals surface area contributed by atoms with Crippen molar-refractivity contribution in [2.24, 2.45) is 21.7 Å². The van der Waals surface area contributed by atoms with Crippen LogP contribution in [0, 0.1) is 0 Å². The van der Waals surface area contributed by atoms with Crippen LogP contribution in [0.3, 0.4) is 0 Å². The number of hydrogen-bond donors (Lipinski definition) is 8. The molecule has 0 bridgehead atoms. The summed E-state index contributed by atoms with van der Waals surface area (Å²) in [5, 5.41) is 35.6. The highest BCUT2D eigenvalue weighted by atomic mass is 32.2. The van der Waals surface area contributed by atoms with Crippen LogP contribution in [0.15, 0.2) is 63.7 Å². The van der Waals surface area contributed by atoms with Gasteiger partial charge in [0.05, 0.1) is 7.11 Å². The second-order valence-corrected chi connectivity index (χ2v) is 11.0. The van der Waals surface area contributed by atoms with Gasteiger partial charge in [0.15, 0.2) is 5.75 Å². The first-order valence-corrected chi connectivity index (χ1v) is 14.7. The smallest absolute Gasteiger partial charge is 0.296 e. The van der Waals surface area contributed by atoms with Crippen molar-refractivity contribution in [2.75, 3.05) is 36.1 Å². The maximum Gasteiger partial charge on any atom is 0.296 e. The van der Waals surface area contributed by atoms with Crippen molar-refractivity contribution in [3.63, 3.8) is 0 Å². The minimum atomic E-state index is -4.81. The van der Waals surface area contributed by atoms with Crippen molar-refractivity contribution in [1.29, 1.82) is 0 Å². The number of nitrogens with zero attached hydrogens (tertiary/aromatic N) is 5. The Balaban J connectivity index is 0.00000177. The molecular formula is C27H34N10O7S. The van der Waals surface area contributed by atoms with E-state index >= 15 is 0 Å². The number of para-hydroxylation sites is 1. The number of methoxy groups -OCH3 is 1. The van der Waals surface area contributed by atoms with Crippen LogP contribution in [-0.4, -0.2) is 76.9 Å². The average Bonchev–Trinajstić information content (AvgIpc) is 2.98. The first-order valence-electron chi connectivity index (χ1n) is 13.3. The average molecular weight is 643 g/mol. The number of nitrogens with two attached hydrogens (primary N) is 2. The van der Waals surface area contributed by atoms with E-state index in [1.54, 1.807) is 42.5 Å². The van der Waals surface area contributed by atoms with Crippen molar-refractivity contribution in [3.05, 3.63) is 48.5 Å². The fourth-order valence-electron chi connectivity index (χ4n) is 3.76. The highest BCUT2D eigenvalue weighted by Gasteiger charge is 2.22. The third kappa shape index (κ3) is 9.66. The monoisotopic (exact) mass is 642 g/mol. The van der Waals surface area contributed by atoms with E-state index < -0.39 is 26.5 Å². The van der Waals surface area contributed by atoms with Gasteiger partial charge in [0.2, 0.25) is 17.8 Å². The molecule has 0 saturated heterocycles. The number of phenolic OH excluding ortho intramolecular Hbond substituents is 1. The summed E-state index contributed by atoms with van der Waals surface area (Å²) in [7, 11) is -3.36. The lowest BCUT2D eigenvalue weighted by atomic mass is 10.1. The Morgan fingerprint density at radius 1 is 0.956 bits per heavy atom. The number of phenols is 1. The van der Waals surface area contributed by atoms with E-state index in [2.05, 4.69) is 41.1 Å². The fourth-order valence-corrected chi connectivity index (χ4v) is 4.42. The van der Waals surface area contributed by atoms with Gasteiger partial charge >= 0.3 is 0 Å². The molecule has 0 amide bonds. The number of ether oxygens (including phenoxy) is 1. The number of aromatic hydroxyl groups is 1. The number of carbonyl (C=O) groups is 1. The summed E-state index contributed by atoms with van der Waals surface area (Å²) in [6.07, 6.45) is 0. The van der Waals surface area contributed by atoms with E-state index in [1.165, 1.54) is 13.2 Å². The summed E-state index contributed by atoms with van der Waals surface area (Å²) >= 11 is 0. The van der Waals surface area contributed by atoms with Crippen molar-refractivity contribution in [2.45, 2.75) is 30.8 Å². The van der Waals surface area contributed by atoms with Gasteiger partial charge in [-0.1, -0.05) is 12.1 Å². The molecule has 1 heterocycles. The van der Waals surface area contributed by atoms with Gasteiger partial charge in [0, 0.05) is 36.2 Å². The van der Waals surface area contributed by atoms with E-state index in [4.69, 9.17) is 26.1 Å². The Labute approximate surface area is 258 Å². The zero-order valence-electron chi connectivity index (χ0n) is 24.5. The zero-order chi connectivity index (χ0) is 33.1. The predicted molar refractivity (Wildman–Crippen MR) is 169 cm³/mol. The minimum Gasteiger partial charge on any atom is -0.505 e. The molecule has 240 valence electrons. The third-order valence-corrected chi connectivity index (χ3v) is 6.59. The molecule has 0 radical (unpaired) electrons. The molecule has 0 fully saturated rings. The Morgan fingerprint density at radius 3 is 2.09 bits per heavy atom. The molecule has 4 aromatic rings. The maximum atomic E-state index is 12.3. The lowest BCUT2D eigenvalue weighted by Crippen LogP contribution is -2.27. The lowest BCUT2D eigenvalue weighted by Gasteiger charge is -2.14. The molecule has 18 heteroatoms. The zero-order valence-corrected chi connectivity index (χ0v) is 25.4. The Hall–Kier alpha value is -5.17. The van der Waals surface area contributed by atoms with Gasteiger partial charge in [0.25, 0.3) is 16.6 Å². The highest BCUT2D eigenvalue weighted by molar-refractivity contribution is 7.86. The van der Waals surface area contributed by atoms with Gasteiger partial charge in [-0.05, 0) is 55.6 Å². The molecule has 2 unspecified atom stereocenters. The normalized spacial score (nSPS) is 12.6. The first-order chi connectivity index (χ1) is 21.4. The molecule has 0 spiro atoms. The summed E-state index contributed by atoms with van der Waals surface area (Å²) in [6, 6.07) is 12.3. The number of anilines is 4. The second kappa shape index (κ2) is 15.5. The predicted octanol–water partition coefficient (Wildman–Crippen LogP) is 3.36. The Morgan fingerprint density at radius 2 is 1.53 bits per heavy atom. The topological polar surface area (TPSA) is 273 Å². The lowest BCUT2D eigenvalue weighted by molar-refractivity contribution is -0.122. The van der Waals surface area contributed by atoms with Crippen LogP contribution in [0.4, 0.5) is 34.9 Å². The van der Waals surface area contributed by atoms with Crippen LogP contribution in [0.25, 0.3) is 10.8 Å². The number of nitrogens with one attached hydrogen (secondary N) is 3. The van der Waals surface area contributed by atoms with Crippen LogP contribution in [0.1, 0.15) is 13.8 Å². The largest absolute Gasteiger partial charge is 0.505 e. The number of aromatic nitrogens is 3. The number of hydrogen-bond acceptors (Lipinski definition) is 15. The Kier molecular flexibility index (Phi) is 11.8. The van der Waals surface area contributed by atoms with Crippen molar-refractivity contribution in [3.8, 4) is 11.5 Å². The number of azo groups is 1. The molecule has 1 aromatic heterocycles. The molecule has 2 atom stereocenters. The minimum absolute atomic E-state index is 0.150. The molecule has 3 aromatic carbocycles. The molecule has 0 aliphatic heterocycles. The van der Waals surface area contributed by atoms with Crippen LogP contribution >= 0.6 is 0 Å². The summed E-state index contributed by atoms with van der Waals surface area (Å²) in [5.74, 6) is 0.611. The molecule has 10 N–H and O–H groups in total. The van der Waals surface area contributed by atoms with Crippen molar-refractivity contribution in [1.82, 2.24) is 15.0 Å². The summed E-state index contributed by atoms with van der Waals surface area (Å²) in [5.41, 5.74) is 12.0. The standard InChI is InChI=1S/C26H32N10O5S.CH2O2/c1-14(27)12-29-24-32-25(30-13-15(2)28)34-26(33-24)31-17-8-9-18-16(10-17)11-21(42(38,39)40)22(23(18)37)36-35-19-6-4-5-7-20(19)41-3;2-1-3/h4-11,14-15,37H,12-13,27-28H2,1-3H3,(H,38,39,40)(H3,29,30,31,32,33,34);1H,(H,2,3). The van der Waals surface area contributed by atoms with Gasteiger partial charge in [-0.3, -0.25) is 9.35 Å². The quantitative estimate of drug-likeness (QED) is 0.0625. The van der Waals surface area contributed by atoms with Crippen LogP contribution < -0.4 is 32.2 Å². The first kappa shape index (κ1) is 34.3. The fraction of sp³-hybridized carbons (Fsp3) is 0.259. The number of carboxylic acid groups (broad SMARTS) is 1. The molecular weight excluding hydrogens is 608 g/mol. The molecule has 4 rings (SSSR count). The third-order valence-electron chi connectivity index (χ3n) is 5.73. The maximum absolute atomic E-state index is 12.3. The van der Waals surface area contributed by atoms with Gasteiger partial charge in [0.1, 0.15) is 22.0 Å². The highest BCUT2D eigenvalue weighted by Crippen LogP contribution is 2.42. The van der Waals surface area contributed by atoms with Crippen LogP contribution in [0.5, 0.6) is 11.5 Å². The van der Waals surface area contributed by atoms with E-state index in [1.807, 2.05) is 13.8 Å². The molecule has 0 saturated carbocycles. The summed E-state index contributed by atoms with van der Waals surface area (Å²) in [6.45, 7) is 4.25. The number of rotatable bonds is 12. The Bertz CT molecular complexity index is 1740.